The molecule has 18 heavy (non-hydrogen) atoms. The minimum atomic E-state index is -0.856. The highest BCUT2D eigenvalue weighted by atomic mass is 16.5. The third kappa shape index (κ3) is 4.64. The van der Waals surface area contributed by atoms with Crippen LogP contribution in [0.1, 0.15) is 27.2 Å². The van der Waals surface area contributed by atoms with E-state index in [1.807, 2.05) is 38.1 Å². The number of nitriles is 1. The predicted molar refractivity (Wildman–Crippen MR) is 70.5 cm³/mol. The summed E-state index contributed by atoms with van der Waals surface area (Å²) in [7, 11) is 0. The van der Waals surface area contributed by atoms with Crippen LogP contribution in [0.2, 0.25) is 0 Å². The first-order chi connectivity index (χ1) is 8.46. The topological polar surface area (TPSA) is 68.3 Å². The molecule has 0 spiro atoms. The molecule has 0 aliphatic carbocycles. The van der Waals surface area contributed by atoms with Crippen LogP contribution in [0.3, 0.4) is 0 Å². The molecule has 0 aliphatic rings. The number of hydrogen-bond acceptors (Lipinski definition) is 4. The number of benzene rings is 1. The molecule has 98 valence electrons. The van der Waals surface area contributed by atoms with Crippen molar-refractivity contribution in [2.75, 3.05) is 6.61 Å². The van der Waals surface area contributed by atoms with Crippen LogP contribution in [0.5, 0.6) is 11.5 Å². The lowest BCUT2D eigenvalue weighted by Crippen LogP contribution is -2.38. The van der Waals surface area contributed by atoms with E-state index in [0.29, 0.717) is 13.0 Å². The number of hydrogen-bond donors (Lipinski definition) is 1. The van der Waals surface area contributed by atoms with Gasteiger partial charge >= 0.3 is 0 Å². The van der Waals surface area contributed by atoms with Gasteiger partial charge in [0.05, 0.1) is 18.8 Å². The highest BCUT2D eigenvalue weighted by molar-refractivity contribution is 5.31. The number of rotatable bonds is 6. The Labute approximate surface area is 108 Å². The van der Waals surface area contributed by atoms with Gasteiger partial charge in [-0.3, -0.25) is 0 Å². The van der Waals surface area contributed by atoms with Gasteiger partial charge in [-0.1, -0.05) is 0 Å². The van der Waals surface area contributed by atoms with Gasteiger partial charge in [0.2, 0.25) is 0 Å². The molecule has 1 aromatic rings. The van der Waals surface area contributed by atoms with Crippen LogP contribution in [-0.2, 0) is 0 Å². The maximum absolute atomic E-state index is 8.86. The lowest BCUT2D eigenvalue weighted by molar-refractivity contribution is 0.191. The van der Waals surface area contributed by atoms with Gasteiger partial charge in [0.25, 0.3) is 0 Å². The molecule has 2 unspecified atom stereocenters. The van der Waals surface area contributed by atoms with Gasteiger partial charge < -0.3 is 15.2 Å². The Morgan fingerprint density at radius 1 is 1.33 bits per heavy atom. The fourth-order valence-corrected chi connectivity index (χ4v) is 1.70. The van der Waals surface area contributed by atoms with Gasteiger partial charge in [-0.05, 0) is 45.0 Å². The first-order valence-corrected chi connectivity index (χ1v) is 6.06. The highest BCUT2D eigenvalue weighted by Crippen LogP contribution is 2.20. The summed E-state index contributed by atoms with van der Waals surface area (Å²) in [6, 6.07) is 9.48. The lowest BCUT2D eigenvalue weighted by Gasteiger charge is -2.21. The van der Waals surface area contributed by atoms with Crippen LogP contribution in [0, 0.1) is 11.3 Å². The summed E-state index contributed by atoms with van der Waals surface area (Å²) in [5.74, 6) is 1.57. The smallest absolute Gasteiger partial charge is 0.119 e. The Balaban J connectivity index is 2.55. The van der Waals surface area contributed by atoms with E-state index < -0.39 is 5.54 Å². The van der Waals surface area contributed by atoms with Crippen molar-refractivity contribution in [3.8, 4) is 17.6 Å². The Hall–Kier alpha value is -1.73. The Morgan fingerprint density at radius 3 is 2.39 bits per heavy atom. The van der Waals surface area contributed by atoms with Crippen molar-refractivity contribution in [3.63, 3.8) is 0 Å². The first kappa shape index (κ1) is 14.3. The molecule has 4 nitrogen and oxygen atoms in total. The van der Waals surface area contributed by atoms with E-state index in [9.17, 15) is 0 Å². The maximum atomic E-state index is 8.86. The van der Waals surface area contributed by atoms with Crippen molar-refractivity contribution in [1.82, 2.24) is 0 Å². The molecule has 0 saturated carbocycles. The zero-order valence-electron chi connectivity index (χ0n) is 11.1. The van der Waals surface area contributed by atoms with Gasteiger partial charge in [-0.15, -0.1) is 0 Å². The Kier molecular flexibility index (Phi) is 4.99. The van der Waals surface area contributed by atoms with Crippen molar-refractivity contribution >= 4 is 0 Å². The van der Waals surface area contributed by atoms with E-state index in [-0.39, 0.29) is 6.10 Å². The second-order valence-electron chi connectivity index (χ2n) is 4.57. The standard InChI is InChI=1S/C14H20N2O2/c1-4-17-12-5-7-13(8-6-12)18-11(2)9-14(3,16)10-15/h5-8,11H,4,9,16H2,1-3H3. The summed E-state index contributed by atoms with van der Waals surface area (Å²) in [4.78, 5) is 0. The van der Waals surface area contributed by atoms with E-state index in [0.717, 1.165) is 11.5 Å². The summed E-state index contributed by atoms with van der Waals surface area (Å²) < 4.78 is 11.0. The number of nitrogens with two attached hydrogens (primary N) is 1. The van der Waals surface area contributed by atoms with Crippen LogP contribution in [0.25, 0.3) is 0 Å². The van der Waals surface area contributed by atoms with Gasteiger partial charge in [-0.25, -0.2) is 0 Å². The molecule has 0 aromatic heterocycles. The normalized spacial score (nSPS) is 15.3. The van der Waals surface area contributed by atoms with Crippen LogP contribution in [0.15, 0.2) is 24.3 Å². The lowest BCUT2D eigenvalue weighted by atomic mass is 9.98. The minimum absolute atomic E-state index is 0.113. The van der Waals surface area contributed by atoms with Crippen molar-refractivity contribution < 1.29 is 9.47 Å². The molecule has 0 fully saturated rings. The zero-order valence-corrected chi connectivity index (χ0v) is 11.1. The van der Waals surface area contributed by atoms with Crippen molar-refractivity contribution in [2.45, 2.75) is 38.8 Å². The maximum Gasteiger partial charge on any atom is 0.119 e. The van der Waals surface area contributed by atoms with Gasteiger partial charge in [-0.2, -0.15) is 5.26 Å². The quantitative estimate of drug-likeness (QED) is 0.839. The predicted octanol–water partition coefficient (Wildman–Crippen LogP) is 2.48. The third-order valence-corrected chi connectivity index (χ3v) is 2.44. The summed E-state index contributed by atoms with van der Waals surface area (Å²) in [6.45, 7) is 6.19. The Morgan fingerprint density at radius 2 is 1.89 bits per heavy atom. The second-order valence-corrected chi connectivity index (χ2v) is 4.57. The molecular formula is C14H20N2O2. The van der Waals surface area contributed by atoms with Gasteiger partial charge in [0.1, 0.15) is 17.0 Å². The van der Waals surface area contributed by atoms with E-state index in [1.165, 1.54) is 0 Å². The van der Waals surface area contributed by atoms with Crippen LogP contribution in [0.4, 0.5) is 0 Å². The van der Waals surface area contributed by atoms with Crippen LogP contribution < -0.4 is 15.2 Å². The van der Waals surface area contributed by atoms with Crippen LogP contribution in [-0.4, -0.2) is 18.2 Å². The molecule has 0 heterocycles. The number of ether oxygens (including phenoxy) is 2. The highest BCUT2D eigenvalue weighted by Gasteiger charge is 2.21. The monoisotopic (exact) mass is 248 g/mol. The van der Waals surface area contributed by atoms with Crippen molar-refractivity contribution in [3.05, 3.63) is 24.3 Å². The summed E-state index contributed by atoms with van der Waals surface area (Å²) in [5, 5.41) is 8.86. The Bertz CT molecular complexity index is 407. The van der Waals surface area contributed by atoms with Gasteiger partial charge in [0.15, 0.2) is 0 Å². The molecule has 1 aromatic carbocycles. The first-order valence-electron chi connectivity index (χ1n) is 6.06. The van der Waals surface area contributed by atoms with E-state index in [2.05, 4.69) is 6.07 Å². The van der Waals surface area contributed by atoms with E-state index in [1.54, 1.807) is 6.92 Å². The fraction of sp³-hybridized carbons (Fsp3) is 0.500. The van der Waals surface area contributed by atoms with Gasteiger partial charge in [0, 0.05) is 6.42 Å². The molecular weight excluding hydrogens is 228 g/mol. The van der Waals surface area contributed by atoms with Crippen molar-refractivity contribution in [2.24, 2.45) is 5.73 Å². The molecule has 0 radical (unpaired) electrons. The molecule has 4 heteroatoms. The molecule has 0 bridgehead atoms. The summed E-state index contributed by atoms with van der Waals surface area (Å²) in [6.07, 6.45) is 0.370. The minimum Gasteiger partial charge on any atom is -0.494 e. The molecule has 0 amide bonds. The largest absolute Gasteiger partial charge is 0.494 e. The van der Waals surface area contributed by atoms with E-state index >= 15 is 0 Å². The van der Waals surface area contributed by atoms with E-state index in [4.69, 9.17) is 20.5 Å². The molecule has 0 saturated heterocycles. The number of nitrogens with zero attached hydrogens (tertiary/aromatic N) is 1. The fourth-order valence-electron chi connectivity index (χ4n) is 1.70. The summed E-state index contributed by atoms with van der Waals surface area (Å²) >= 11 is 0. The molecule has 1 rings (SSSR count). The average molecular weight is 248 g/mol. The third-order valence-electron chi connectivity index (χ3n) is 2.44. The second kappa shape index (κ2) is 6.27. The zero-order chi connectivity index (χ0) is 13.6. The molecule has 2 atom stereocenters. The summed E-state index contributed by atoms with van der Waals surface area (Å²) in [5.41, 5.74) is 4.92. The molecule has 2 N–H and O–H groups in total. The SMILES string of the molecule is CCOc1ccc(OC(C)CC(C)(N)C#N)cc1. The molecule has 0 aliphatic heterocycles. The van der Waals surface area contributed by atoms with Crippen molar-refractivity contribution in [1.29, 1.82) is 5.26 Å². The average Bonchev–Trinajstić information content (AvgIpc) is 2.31. The van der Waals surface area contributed by atoms with Crippen LogP contribution >= 0.6 is 0 Å².